The predicted octanol–water partition coefficient (Wildman–Crippen LogP) is 2.77. The molecule has 2 aromatic heterocycles. The molecule has 0 aliphatic carbocycles. The monoisotopic (exact) mass is 399 g/mol. The van der Waals surface area contributed by atoms with Gasteiger partial charge >= 0.3 is 0 Å². The Morgan fingerprint density at radius 1 is 1.21 bits per heavy atom. The van der Waals surface area contributed by atoms with E-state index in [0.29, 0.717) is 6.04 Å². The minimum atomic E-state index is 0.0569. The number of pyridine rings is 1. The molecule has 150 valence electrons. The molecule has 2 fully saturated rings. The summed E-state index contributed by atoms with van der Waals surface area (Å²) in [5.74, 6) is 0. The lowest BCUT2D eigenvalue weighted by Crippen LogP contribution is -2.42. The Hall–Kier alpha value is -1.96. The first-order chi connectivity index (χ1) is 13.6. The molecular formula is C21H29N5OS. The average molecular weight is 400 g/mol. The van der Waals surface area contributed by atoms with E-state index < -0.39 is 0 Å². The number of morpholine rings is 1. The molecule has 1 N–H and O–H groups in total. The van der Waals surface area contributed by atoms with Crippen LogP contribution in [0.5, 0.6) is 0 Å². The lowest BCUT2D eigenvalue weighted by atomic mass is 9.99. The molecule has 4 rings (SSSR count). The fourth-order valence-corrected chi connectivity index (χ4v) is 4.34. The van der Waals surface area contributed by atoms with Crippen molar-refractivity contribution in [3.8, 4) is 0 Å². The standard InChI is InChI=1S/C21H29N5OS/c1-16(2)25-8-6-17(15-25)20-19(18-5-3-4-7-22-18)23-21(28)26(20)10-9-24-11-13-27-14-12-24/h3-8,15-16,19-20H,9-14H2,1-2H3,(H,23,28). The van der Waals surface area contributed by atoms with Crippen LogP contribution >= 0.6 is 12.2 Å². The summed E-state index contributed by atoms with van der Waals surface area (Å²) < 4.78 is 7.73. The van der Waals surface area contributed by atoms with Gasteiger partial charge in [-0.25, -0.2) is 0 Å². The molecule has 2 aliphatic rings. The van der Waals surface area contributed by atoms with Crippen LogP contribution < -0.4 is 5.32 Å². The van der Waals surface area contributed by atoms with Gasteiger partial charge in [-0.2, -0.15) is 0 Å². The number of nitrogens with zero attached hydrogens (tertiary/aromatic N) is 4. The van der Waals surface area contributed by atoms with Gasteiger partial charge in [0.05, 0.1) is 31.0 Å². The van der Waals surface area contributed by atoms with Crippen LogP contribution in [-0.2, 0) is 4.74 Å². The van der Waals surface area contributed by atoms with Crippen molar-refractivity contribution in [2.24, 2.45) is 0 Å². The summed E-state index contributed by atoms with van der Waals surface area (Å²) in [5.41, 5.74) is 2.31. The molecule has 28 heavy (non-hydrogen) atoms. The second-order valence-electron chi connectivity index (χ2n) is 7.76. The largest absolute Gasteiger partial charge is 0.379 e. The maximum absolute atomic E-state index is 5.76. The van der Waals surface area contributed by atoms with E-state index in [0.717, 1.165) is 50.2 Å². The minimum absolute atomic E-state index is 0.0569. The third-order valence-electron chi connectivity index (χ3n) is 5.63. The molecule has 2 aromatic rings. The van der Waals surface area contributed by atoms with E-state index >= 15 is 0 Å². The Labute approximate surface area is 172 Å². The molecule has 0 bridgehead atoms. The van der Waals surface area contributed by atoms with Crippen molar-refractivity contribution in [1.82, 2.24) is 24.7 Å². The van der Waals surface area contributed by atoms with E-state index in [-0.39, 0.29) is 12.1 Å². The number of nitrogens with one attached hydrogen (secondary N) is 1. The van der Waals surface area contributed by atoms with Crippen LogP contribution in [0, 0.1) is 0 Å². The molecule has 6 nitrogen and oxygen atoms in total. The van der Waals surface area contributed by atoms with Crippen LogP contribution in [0.15, 0.2) is 42.9 Å². The highest BCUT2D eigenvalue weighted by molar-refractivity contribution is 7.80. The zero-order chi connectivity index (χ0) is 19.5. The number of ether oxygens (including phenoxy) is 1. The van der Waals surface area contributed by atoms with E-state index in [1.807, 2.05) is 18.3 Å². The second kappa shape index (κ2) is 8.59. The van der Waals surface area contributed by atoms with E-state index in [1.54, 1.807) is 0 Å². The SMILES string of the molecule is CC(C)n1ccc(C2C(c3ccccn3)NC(=S)N2CCN2CCOCC2)c1. The maximum atomic E-state index is 5.76. The molecule has 2 atom stereocenters. The summed E-state index contributed by atoms with van der Waals surface area (Å²) in [4.78, 5) is 9.41. The maximum Gasteiger partial charge on any atom is 0.170 e. The topological polar surface area (TPSA) is 45.6 Å². The van der Waals surface area contributed by atoms with Gasteiger partial charge in [0, 0.05) is 50.8 Å². The molecule has 2 saturated heterocycles. The number of hydrogen-bond acceptors (Lipinski definition) is 4. The van der Waals surface area contributed by atoms with Crippen molar-refractivity contribution in [1.29, 1.82) is 0 Å². The van der Waals surface area contributed by atoms with Gasteiger partial charge in [-0.15, -0.1) is 0 Å². The van der Waals surface area contributed by atoms with E-state index in [1.165, 1.54) is 5.56 Å². The van der Waals surface area contributed by atoms with Crippen LogP contribution in [0.2, 0.25) is 0 Å². The van der Waals surface area contributed by atoms with E-state index in [9.17, 15) is 0 Å². The van der Waals surface area contributed by atoms with Gasteiger partial charge in [0.15, 0.2) is 5.11 Å². The highest BCUT2D eigenvalue weighted by atomic mass is 32.1. The number of rotatable bonds is 6. The molecular weight excluding hydrogens is 370 g/mol. The molecule has 2 aliphatic heterocycles. The van der Waals surface area contributed by atoms with Crippen LogP contribution in [0.3, 0.4) is 0 Å². The molecule has 2 unspecified atom stereocenters. The Bertz CT molecular complexity index is 787. The fourth-order valence-electron chi connectivity index (χ4n) is 4.01. The fraction of sp³-hybridized carbons (Fsp3) is 0.524. The van der Waals surface area contributed by atoms with Gasteiger partial charge in [0.2, 0.25) is 0 Å². The molecule has 0 spiro atoms. The zero-order valence-electron chi connectivity index (χ0n) is 16.6. The number of hydrogen-bond donors (Lipinski definition) is 1. The smallest absolute Gasteiger partial charge is 0.170 e. The van der Waals surface area contributed by atoms with Gasteiger partial charge in [0.1, 0.15) is 0 Å². The Morgan fingerprint density at radius 3 is 2.71 bits per heavy atom. The van der Waals surface area contributed by atoms with Crippen LogP contribution in [0.25, 0.3) is 0 Å². The van der Waals surface area contributed by atoms with Crippen LogP contribution in [0.4, 0.5) is 0 Å². The Balaban J connectivity index is 1.59. The number of thiocarbonyl (C=S) groups is 1. The van der Waals surface area contributed by atoms with Gasteiger partial charge in [0.25, 0.3) is 0 Å². The summed E-state index contributed by atoms with van der Waals surface area (Å²) in [5, 5.41) is 4.35. The van der Waals surface area contributed by atoms with Crippen molar-refractivity contribution in [2.75, 3.05) is 39.4 Å². The first-order valence-corrected chi connectivity index (χ1v) is 10.5. The Kier molecular flexibility index (Phi) is 5.94. The first kappa shape index (κ1) is 19.4. The summed E-state index contributed by atoms with van der Waals surface area (Å²) in [6, 6.07) is 8.93. The van der Waals surface area contributed by atoms with Gasteiger partial charge in [-0.1, -0.05) is 6.07 Å². The van der Waals surface area contributed by atoms with Crippen LogP contribution in [-0.4, -0.2) is 63.9 Å². The number of aromatic nitrogens is 2. The summed E-state index contributed by atoms with van der Waals surface area (Å²) in [7, 11) is 0. The lowest BCUT2D eigenvalue weighted by Gasteiger charge is -2.32. The molecule has 0 radical (unpaired) electrons. The van der Waals surface area contributed by atoms with Crippen molar-refractivity contribution < 1.29 is 4.74 Å². The van der Waals surface area contributed by atoms with E-state index in [4.69, 9.17) is 17.0 Å². The first-order valence-electron chi connectivity index (χ1n) is 10.1. The van der Waals surface area contributed by atoms with Crippen LogP contribution in [0.1, 0.15) is 43.2 Å². The van der Waals surface area contributed by atoms with Crippen molar-refractivity contribution >= 4 is 17.3 Å². The summed E-state index contributed by atoms with van der Waals surface area (Å²) >= 11 is 5.76. The van der Waals surface area contributed by atoms with Gasteiger partial charge in [-0.05, 0) is 49.8 Å². The van der Waals surface area contributed by atoms with Crippen molar-refractivity contribution in [3.63, 3.8) is 0 Å². The lowest BCUT2D eigenvalue weighted by molar-refractivity contribution is 0.0350. The van der Waals surface area contributed by atoms with E-state index in [2.05, 4.69) is 63.0 Å². The third-order valence-corrected chi connectivity index (χ3v) is 5.99. The quantitative estimate of drug-likeness (QED) is 0.754. The molecule has 4 heterocycles. The van der Waals surface area contributed by atoms with Gasteiger partial charge in [-0.3, -0.25) is 9.88 Å². The highest BCUT2D eigenvalue weighted by Crippen LogP contribution is 2.38. The average Bonchev–Trinajstić information content (AvgIpc) is 3.32. The predicted molar refractivity (Wildman–Crippen MR) is 114 cm³/mol. The molecule has 0 aromatic carbocycles. The molecule has 0 amide bonds. The van der Waals surface area contributed by atoms with Crippen molar-refractivity contribution in [3.05, 3.63) is 54.1 Å². The molecule has 0 saturated carbocycles. The third kappa shape index (κ3) is 4.06. The summed E-state index contributed by atoms with van der Waals surface area (Å²) in [6.07, 6.45) is 6.27. The molecule has 7 heteroatoms. The highest BCUT2D eigenvalue weighted by Gasteiger charge is 2.40. The van der Waals surface area contributed by atoms with Crippen molar-refractivity contribution in [2.45, 2.75) is 32.0 Å². The summed E-state index contributed by atoms with van der Waals surface area (Å²) in [6.45, 7) is 9.91. The Morgan fingerprint density at radius 2 is 2.04 bits per heavy atom. The minimum Gasteiger partial charge on any atom is -0.379 e. The zero-order valence-corrected chi connectivity index (χ0v) is 17.4. The van der Waals surface area contributed by atoms with Gasteiger partial charge < -0.3 is 19.5 Å². The normalized spacial score (nSPS) is 23.4. The second-order valence-corrected chi connectivity index (χ2v) is 8.15.